The molecule has 11 heteroatoms. The van der Waals surface area contributed by atoms with E-state index in [1.165, 1.54) is 6.07 Å². The number of hydrogen-bond donors (Lipinski definition) is 1. The number of carbonyl (C=O) groups is 2. The average Bonchev–Trinajstić information content (AvgIpc) is 3.42. The van der Waals surface area contributed by atoms with E-state index in [1.54, 1.807) is 65.4 Å². The minimum Gasteiger partial charge on any atom is -0.444 e. The number of anilines is 1. The van der Waals surface area contributed by atoms with Crippen molar-refractivity contribution in [3.05, 3.63) is 65.9 Å². The average molecular weight is 525 g/mol. The second kappa shape index (κ2) is 10.3. The second-order valence-corrected chi connectivity index (χ2v) is 10.8. The number of benzene rings is 2. The molecule has 2 saturated heterocycles. The van der Waals surface area contributed by atoms with Crippen LogP contribution in [-0.4, -0.2) is 80.7 Å². The van der Waals surface area contributed by atoms with Crippen LogP contribution in [0.4, 0.5) is 10.5 Å². The lowest BCUT2D eigenvalue weighted by atomic mass is 10.1. The Balaban J connectivity index is 1.23. The van der Waals surface area contributed by atoms with E-state index >= 15 is 0 Å². The van der Waals surface area contributed by atoms with E-state index in [9.17, 15) is 18.0 Å². The number of sulfonamides is 1. The summed E-state index contributed by atoms with van der Waals surface area (Å²) in [6.45, 7) is 4.31. The Morgan fingerprint density at radius 1 is 1.05 bits per heavy atom. The van der Waals surface area contributed by atoms with Crippen molar-refractivity contribution in [1.82, 2.24) is 14.8 Å². The third kappa shape index (κ3) is 5.37. The molecule has 2 aromatic carbocycles. The zero-order chi connectivity index (χ0) is 26.0. The molecular weight excluding hydrogens is 496 g/mol. The van der Waals surface area contributed by atoms with Crippen LogP contribution in [0, 0.1) is 6.92 Å². The zero-order valence-corrected chi connectivity index (χ0v) is 21.2. The molecule has 2 aliphatic rings. The van der Waals surface area contributed by atoms with E-state index < -0.39 is 10.0 Å². The van der Waals surface area contributed by atoms with E-state index in [0.29, 0.717) is 68.1 Å². The van der Waals surface area contributed by atoms with Gasteiger partial charge in [0.25, 0.3) is 15.9 Å². The fraction of sp³-hybridized carbons (Fsp3) is 0.346. The summed E-state index contributed by atoms with van der Waals surface area (Å²) in [6, 6.07) is 13.4. The van der Waals surface area contributed by atoms with Gasteiger partial charge >= 0.3 is 6.09 Å². The van der Waals surface area contributed by atoms with Crippen LogP contribution >= 0.6 is 0 Å². The van der Waals surface area contributed by atoms with Gasteiger partial charge in [0.1, 0.15) is 11.0 Å². The van der Waals surface area contributed by atoms with Crippen LogP contribution in [0.1, 0.15) is 22.3 Å². The number of piperazine rings is 1. The van der Waals surface area contributed by atoms with E-state index in [4.69, 9.17) is 9.47 Å². The summed E-state index contributed by atoms with van der Waals surface area (Å²) in [6.07, 6.45) is 1.67. The lowest BCUT2D eigenvalue weighted by Crippen LogP contribution is -2.51. The van der Waals surface area contributed by atoms with E-state index in [2.05, 4.69) is 9.71 Å². The van der Waals surface area contributed by atoms with Crippen molar-refractivity contribution in [2.75, 3.05) is 44.1 Å². The number of ether oxygens (including phenoxy) is 2. The van der Waals surface area contributed by atoms with Crippen molar-refractivity contribution in [3.8, 4) is 0 Å². The van der Waals surface area contributed by atoms with Crippen molar-refractivity contribution in [2.24, 2.45) is 0 Å². The van der Waals surface area contributed by atoms with Gasteiger partial charge in [0.15, 0.2) is 0 Å². The Hall–Kier alpha value is -3.70. The first-order chi connectivity index (χ1) is 17.8. The number of nitrogens with one attached hydrogen (secondary N) is 1. The Morgan fingerprint density at radius 3 is 2.54 bits per heavy atom. The van der Waals surface area contributed by atoms with Crippen molar-refractivity contribution < 1.29 is 27.5 Å². The first-order valence-electron chi connectivity index (χ1n) is 12.1. The number of rotatable bonds is 5. The zero-order valence-electron chi connectivity index (χ0n) is 20.4. The van der Waals surface area contributed by atoms with Crippen molar-refractivity contribution in [1.29, 1.82) is 0 Å². The number of aromatic nitrogens is 1. The van der Waals surface area contributed by atoms with Gasteiger partial charge in [-0.3, -0.25) is 14.5 Å². The molecule has 10 nitrogen and oxygen atoms in total. The summed E-state index contributed by atoms with van der Waals surface area (Å²) < 4.78 is 39.6. The summed E-state index contributed by atoms with van der Waals surface area (Å²) in [7, 11) is -3.90. The first kappa shape index (κ1) is 25.0. The van der Waals surface area contributed by atoms with E-state index in [-0.39, 0.29) is 23.0 Å². The molecule has 0 aliphatic carbocycles. The monoisotopic (exact) mass is 524 g/mol. The predicted molar refractivity (Wildman–Crippen MR) is 137 cm³/mol. The fourth-order valence-corrected chi connectivity index (χ4v) is 5.81. The highest BCUT2D eigenvalue weighted by molar-refractivity contribution is 7.93. The maximum Gasteiger partial charge on any atom is 0.410 e. The molecular formula is C26H28N4O6S. The normalized spacial score (nSPS) is 18.1. The van der Waals surface area contributed by atoms with Crippen LogP contribution in [0.3, 0.4) is 0 Å². The molecule has 5 rings (SSSR count). The molecule has 1 atom stereocenters. The lowest BCUT2D eigenvalue weighted by Gasteiger charge is -2.34. The molecule has 2 fully saturated rings. The number of aryl methyl sites for hydroxylation is 1. The van der Waals surface area contributed by atoms with E-state index in [1.807, 2.05) is 0 Å². The Bertz CT molecular complexity index is 1420. The quantitative estimate of drug-likeness (QED) is 0.545. The van der Waals surface area contributed by atoms with Gasteiger partial charge in [0, 0.05) is 49.7 Å². The van der Waals surface area contributed by atoms with Crippen LogP contribution in [0.5, 0.6) is 0 Å². The maximum atomic E-state index is 13.2. The summed E-state index contributed by atoms with van der Waals surface area (Å²) in [5.41, 5.74) is 1.84. The molecule has 3 heterocycles. The molecule has 2 aliphatic heterocycles. The summed E-state index contributed by atoms with van der Waals surface area (Å²) in [5, 5.41) is 0.726. The van der Waals surface area contributed by atoms with Gasteiger partial charge in [-0.1, -0.05) is 18.2 Å². The molecule has 194 valence electrons. The summed E-state index contributed by atoms with van der Waals surface area (Å²) in [5.74, 6) is -0.173. The topological polar surface area (TPSA) is 118 Å². The summed E-state index contributed by atoms with van der Waals surface area (Å²) in [4.78, 5) is 33.1. The standard InChI is InChI=1S/C26H28N4O6S/c1-18-16-20(25(31)29-11-13-30(14-12-29)26(32)36-21-9-15-35-17-21)7-8-22(18)28-37(33,34)23-6-2-4-19-5-3-10-27-24(19)23/h2-8,10,16,21,28H,9,11-15,17H2,1H3. The van der Waals surface area contributed by atoms with Gasteiger partial charge in [0.05, 0.1) is 24.4 Å². The van der Waals surface area contributed by atoms with Gasteiger partial charge in [-0.25, -0.2) is 13.2 Å². The van der Waals surface area contributed by atoms with Crippen molar-refractivity contribution in [3.63, 3.8) is 0 Å². The van der Waals surface area contributed by atoms with Gasteiger partial charge in [-0.05, 0) is 42.8 Å². The largest absolute Gasteiger partial charge is 0.444 e. The predicted octanol–water partition coefficient (Wildman–Crippen LogP) is 3.03. The van der Waals surface area contributed by atoms with Gasteiger partial charge in [0.2, 0.25) is 0 Å². The number of amides is 2. The number of hydrogen-bond acceptors (Lipinski definition) is 7. The number of carbonyl (C=O) groups excluding carboxylic acids is 2. The number of pyridine rings is 1. The van der Waals surface area contributed by atoms with Crippen LogP contribution in [-0.2, 0) is 19.5 Å². The van der Waals surface area contributed by atoms with Gasteiger partial charge in [-0.2, -0.15) is 0 Å². The number of nitrogens with zero attached hydrogens (tertiary/aromatic N) is 3. The lowest BCUT2D eigenvalue weighted by molar-refractivity contribution is 0.0370. The Kier molecular flexibility index (Phi) is 6.98. The fourth-order valence-electron chi connectivity index (χ4n) is 4.50. The molecule has 1 unspecified atom stereocenters. The molecule has 0 saturated carbocycles. The Morgan fingerprint density at radius 2 is 1.81 bits per heavy atom. The molecule has 0 spiro atoms. The highest BCUT2D eigenvalue weighted by Crippen LogP contribution is 2.26. The SMILES string of the molecule is Cc1cc(C(=O)N2CCN(C(=O)OC3CCOC3)CC2)ccc1NS(=O)(=O)c1cccc2cccnc12. The van der Waals surface area contributed by atoms with Crippen LogP contribution in [0.15, 0.2) is 59.6 Å². The minimum atomic E-state index is -3.90. The maximum absolute atomic E-state index is 13.2. The van der Waals surface area contributed by atoms with Gasteiger partial charge < -0.3 is 19.3 Å². The highest BCUT2D eigenvalue weighted by Gasteiger charge is 2.29. The van der Waals surface area contributed by atoms with E-state index in [0.717, 1.165) is 5.39 Å². The second-order valence-electron chi connectivity index (χ2n) is 9.12. The van der Waals surface area contributed by atoms with Gasteiger partial charge in [-0.15, -0.1) is 0 Å². The minimum absolute atomic E-state index is 0.0852. The summed E-state index contributed by atoms with van der Waals surface area (Å²) >= 11 is 0. The number of fused-ring (bicyclic) bond motifs is 1. The molecule has 37 heavy (non-hydrogen) atoms. The molecule has 0 bridgehead atoms. The smallest absolute Gasteiger partial charge is 0.410 e. The van der Waals surface area contributed by atoms with Crippen LogP contribution < -0.4 is 4.72 Å². The molecule has 3 aromatic rings. The van der Waals surface area contributed by atoms with Crippen LogP contribution in [0.25, 0.3) is 10.9 Å². The Labute approximate surface area is 215 Å². The molecule has 1 aromatic heterocycles. The molecule has 0 radical (unpaired) electrons. The van der Waals surface area contributed by atoms with Crippen molar-refractivity contribution >= 4 is 38.6 Å². The third-order valence-electron chi connectivity index (χ3n) is 6.58. The van der Waals surface area contributed by atoms with Crippen molar-refractivity contribution in [2.45, 2.75) is 24.3 Å². The first-order valence-corrected chi connectivity index (χ1v) is 13.6. The number of para-hydroxylation sites is 1. The van der Waals surface area contributed by atoms with Crippen LogP contribution in [0.2, 0.25) is 0 Å². The molecule has 2 amide bonds. The third-order valence-corrected chi connectivity index (χ3v) is 7.98. The molecule has 1 N–H and O–H groups in total. The highest BCUT2D eigenvalue weighted by atomic mass is 32.2.